The summed E-state index contributed by atoms with van der Waals surface area (Å²) in [6.45, 7) is 0.565. The maximum Gasteiger partial charge on any atom is 0.259 e. The van der Waals surface area contributed by atoms with Crippen LogP contribution in [-0.2, 0) is 11.3 Å². The summed E-state index contributed by atoms with van der Waals surface area (Å²) in [7, 11) is 3.37. The molecule has 0 bridgehead atoms. The molecule has 1 saturated carbocycles. The predicted molar refractivity (Wildman–Crippen MR) is 100.0 cm³/mol. The molecule has 0 unspecified atom stereocenters. The van der Waals surface area contributed by atoms with Gasteiger partial charge in [-0.1, -0.05) is 36.4 Å². The van der Waals surface area contributed by atoms with Gasteiger partial charge in [0.1, 0.15) is 5.75 Å². The minimum Gasteiger partial charge on any atom is -0.484 e. The Morgan fingerprint density at radius 2 is 1.77 bits per heavy atom. The fraction of sp³-hybridized carbons (Fsp3) is 0.333. The quantitative estimate of drug-likeness (QED) is 0.770. The Kier molecular flexibility index (Phi) is 5.56. The zero-order valence-corrected chi connectivity index (χ0v) is 15.2. The van der Waals surface area contributed by atoms with Gasteiger partial charge in [0.25, 0.3) is 11.8 Å². The van der Waals surface area contributed by atoms with E-state index < -0.39 is 0 Å². The molecule has 136 valence electrons. The van der Waals surface area contributed by atoms with Crippen LogP contribution in [0.2, 0.25) is 0 Å². The van der Waals surface area contributed by atoms with Crippen LogP contribution in [0.5, 0.6) is 5.75 Å². The van der Waals surface area contributed by atoms with Crippen molar-refractivity contribution < 1.29 is 14.3 Å². The highest BCUT2D eigenvalue weighted by Gasteiger charge is 2.33. The predicted octanol–water partition coefficient (Wildman–Crippen LogP) is 2.96. The van der Waals surface area contributed by atoms with Crippen molar-refractivity contribution in [2.75, 3.05) is 20.7 Å². The normalized spacial score (nSPS) is 13.2. The Morgan fingerprint density at radius 3 is 2.42 bits per heavy atom. The van der Waals surface area contributed by atoms with E-state index in [2.05, 4.69) is 0 Å². The van der Waals surface area contributed by atoms with Crippen LogP contribution >= 0.6 is 0 Å². The van der Waals surface area contributed by atoms with Crippen LogP contribution < -0.4 is 4.74 Å². The molecule has 1 aliphatic rings. The van der Waals surface area contributed by atoms with E-state index in [1.807, 2.05) is 35.2 Å². The van der Waals surface area contributed by atoms with E-state index in [1.54, 1.807) is 38.4 Å². The van der Waals surface area contributed by atoms with Crippen molar-refractivity contribution in [2.45, 2.75) is 25.4 Å². The fourth-order valence-electron chi connectivity index (χ4n) is 2.69. The molecule has 2 amide bonds. The first-order valence-corrected chi connectivity index (χ1v) is 8.82. The van der Waals surface area contributed by atoms with E-state index in [-0.39, 0.29) is 18.4 Å². The highest BCUT2D eigenvalue weighted by atomic mass is 16.5. The van der Waals surface area contributed by atoms with Crippen molar-refractivity contribution in [2.24, 2.45) is 0 Å². The van der Waals surface area contributed by atoms with Crippen LogP contribution in [0.4, 0.5) is 0 Å². The number of hydrogen-bond donors (Lipinski definition) is 0. The molecule has 2 aromatic carbocycles. The van der Waals surface area contributed by atoms with Crippen LogP contribution in [0.15, 0.2) is 54.6 Å². The van der Waals surface area contributed by atoms with E-state index in [4.69, 9.17) is 4.74 Å². The summed E-state index contributed by atoms with van der Waals surface area (Å²) in [6, 6.07) is 17.4. The van der Waals surface area contributed by atoms with Gasteiger partial charge in [-0.2, -0.15) is 0 Å². The summed E-state index contributed by atoms with van der Waals surface area (Å²) in [5.74, 6) is 0.410. The molecular weight excluding hydrogens is 328 g/mol. The van der Waals surface area contributed by atoms with Gasteiger partial charge in [0, 0.05) is 32.2 Å². The van der Waals surface area contributed by atoms with Gasteiger partial charge in [0.2, 0.25) is 0 Å². The number of carbonyl (C=O) groups excluding carboxylic acids is 2. The number of rotatable bonds is 7. The largest absolute Gasteiger partial charge is 0.484 e. The standard InChI is InChI=1S/C21H24N2O3/c1-22(2)20(24)15-26-19-10-6-9-17(13-19)21(25)23(18-11-12-18)14-16-7-4-3-5-8-16/h3-10,13,18H,11-12,14-15H2,1-2H3. The topological polar surface area (TPSA) is 49.9 Å². The molecule has 1 fully saturated rings. The minimum absolute atomic E-state index is 0.000684. The molecule has 0 aliphatic heterocycles. The molecule has 2 aromatic rings. The Hall–Kier alpha value is -2.82. The summed E-state index contributed by atoms with van der Waals surface area (Å²) < 4.78 is 5.53. The summed E-state index contributed by atoms with van der Waals surface area (Å²) in [4.78, 5) is 28.1. The minimum atomic E-state index is -0.120. The van der Waals surface area contributed by atoms with Crippen LogP contribution in [0.1, 0.15) is 28.8 Å². The lowest BCUT2D eigenvalue weighted by Crippen LogP contribution is -2.32. The lowest BCUT2D eigenvalue weighted by Gasteiger charge is -2.23. The zero-order valence-electron chi connectivity index (χ0n) is 15.2. The van der Waals surface area contributed by atoms with Crippen molar-refractivity contribution in [1.82, 2.24) is 9.80 Å². The van der Waals surface area contributed by atoms with Crippen molar-refractivity contribution in [3.05, 3.63) is 65.7 Å². The molecule has 0 radical (unpaired) electrons. The van der Waals surface area contributed by atoms with E-state index in [1.165, 1.54) is 4.90 Å². The van der Waals surface area contributed by atoms with Gasteiger partial charge < -0.3 is 14.5 Å². The van der Waals surface area contributed by atoms with Gasteiger partial charge in [-0.15, -0.1) is 0 Å². The lowest BCUT2D eigenvalue weighted by molar-refractivity contribution is -0.130. The van der Waals surface area contributed by atoms with Gasteiger partial charge in [-0.25, -0.2) is 0 Å². The second kappa shape index (κ2) is 8.04. The SMILES string of the molecule is CN(C)C(=O)COc1cccc(C(=O)N(Cc2ccccc2)C2CC2)c1. The summed E-state index contributed by atoms with van der Waals surface area (Å²) in [5, 5.41) is 0. The third-order valence-electron chi connectivity index (χ3n) is 4.39. The highest BCUT2D eigenvalue weighted by Crippen LogP contribution is 2.30. The van der Waals surface area contributed by atoms with Gasteiger partial charge in [0.15, 0.2) is 6.61 Å². The molecule has 5 heteroatoms. The first kappa shape index (κ1) is 18.0. The molecule has 1 aliphatic carbocycles. The number of amides is 2. The monoisotopic (exact) mass is 352 g/mol. The van der Waals surface area contributed by atoms with Gasteiger partial charge in [-0.3, -0.25) is 9.59 Å². The average Bonchev–Trinajstić information content (AvgIpc) is 3.49. The molecule has 0 aromatic heterocycles. The van der Waals surface area contributed by atoms with E-state index in [0.717, 1.165) is 18.4 Å². The highest BCUT2D eigenvalue weighted by molar-refractivity contribution is 5.95. The molecule has 26 heavy (non-hydrogen) atoms. The van der Waals surface area contributed by atoms with Gasteiger partial charge >= 0.3 is 0 Å². The number of nitrogens with zero attached hydrogens (tertiary/aromatic N) is 2. The molecule has 0 N–H and O–H groups in total. The Morgan fingerprint density at radius 1 is 1.04 bits per heavy atom. The van der Waals surface area contributed by atoms with E-state index in [0.29, 0.717) is 23.9 Å². The number of ether oxygens (including phenoxy) is 1. The summed E-state index contributed by atoms with van der Waals surface area (Å²) in [6.07, 6.45) is 2.10. The first-order chi connectivity index (χ1) is 12.5. The van der Waals surface area contributed by atoms with Crippen LogP contribution in [0.3, 0.4) is 0 Å². The van der Waals surface area contributed by atoms with Crippen LogP contribution in [0.25, 0.3) is 0 Å². The average molecular weight is 352 g/mol. The Bertz CT molecular complexity index is 770. The van der Waals surface area contributed by atoms with Crippen molar-refractivity contribution in [3.63, 3.8) is 0 Å². The first-order valence-electron chi connectivity index (χ1n) is 8.82. The molecule has 5 nitrogen and oxygen atoms in total. The van der Waals surface area contributed by atoms with Gasteiger partial charge in [-0.05, 0) is 36.6 Å². The molecule has 3 rings (SSSR count). The smallest absolute Gasteiger partial charge is 0.259 e. The third-order valence-corrected chi connectivity index (χ3v) is 4.39. The molecular formula is C21H24N2O3. The Balaban J connectivity index is 1.71. The van der Waals surface area contributed by atoms with E-state index >= 15 is 0 Å². The van der Waals surface area contributed by atoms with E-state index in [9.17, 15) is 9.59 Å². The van der Waals surface area contributed by atoms with Gasteiger partial charge in [0.05, 0.1) is 0 Å². The van der Waals surface area contributed by atoms with Crippen LogP contribution in [0, 0.1) is 0 Å². The summed E-state index contributed by atoms with van der Waals surface area (Å²) in [5.41, 5.74) is 1.71. The van der Waals surface area contributed by atoms with Crippen molar-refractivity contribution >= 4 is 11.8 Å². The second-order valence-corrected chi connectivity index (χ2v) is 6.75. The molecule has 0 atom stereocenters. The zero-order chi connectivity index (χ0) is 18.5. The second-order valence-electron chi connectivity index (χ2n) is 6.75. The third kappa shape index (κ3) is 4.63. The molecule has 0 spiro atoms. The molecule has 0 heterocycles. The lowest BCUT2D eigenvalue weighted by atomic mass is 10.1. The fourth-order valence-corrected chi connectivity index (χ4v) is 2.69. The Labute approximate surface area is 154 Å². The summed E-state index contributed by atoms with van der Waals surface area (Å²) >= 11 is 0. The number of benzene rings is 2. The van der Waals surface area contributed by atoms with Crippen LogP contribution in [-0.4, -0.2) is 48.4 Å². The number of likely N-dealkylation sites (N-methyl/N-ethyl adjacent to an activating group) is 1. The van der Waals surface area contributed by atoms with Crippen molar-refractivity contribution in [1.29, 1.82) is 0 Å². The molecule has 0 saturated heterocycles. The maximum atomic E-state index is 13.0. The number of hydrogen-bond acceptors (Lipinski definition) is 3. The maximum absolute atomic E-state index is 13.0. The number of carbonyl (C=O) groups is 2. The van der Waals surface area contributed by atoms with Crippen molar-refractivity contribution in [3.8, 4) is 5.75 Å².